The maximum atomic E-state index is 13.3. The first-order chi connectivity index (χ1) is 15.1. The van der Waals surface area contributed by atoms with E-state index in [4.69, 9.17) is 4.52 Å². The summed E-state index contributed by atoms with van der Waals surface area (Å²) in [5, 5.41) is 23.9. The Kier molecular flexibility index (Phi) is 5.83. The average Bonchev–Trinajstić information content (AvgIpc) is 3.44. The molecule has 2 fully saturated rings. The second kappa shape index (κ2) is 8.19. The van der Waals surface area contributed by atoms with E-state index in [0.717, 1.165) is 30.7 Å². The molecular formula is C23H27F3N2O4. The van der Waals surface area contributed by atoms with Crippen molar-refractivity contribution in [2.75, 3.05) is 6.61 Å². The van der Waals surface area contributed by atoms with Gasteiger partial charge in [-0.25, -0.2) is 0 Å². The number of hydrogen-bond donors (Lipinski definition) is 2. The van der Waals surface area contributed by atoms with Gasteiger partial charge in [-0.3, -0.25) is 4.79 Å². The zero-order valence-corrected chi connectivity index (χ0v) is 17.8. The predicted molar refractivity (Wildman–Crippen MR) is 109 cm³/mol. The van der Waals surface area contributed by atoms with Gasteiger partial charge in [-0.1, -0.05) is 17.3 Å². The van der Waals surface area contributed by atoms with E-state index < -0.39 is 17.2 Å². The zero-order chi connectivity index (χ0) is 23.1. The number of carbonyl (C=O) groups excluding carboxylic acids is 1. The van der Waals surface area contributed by atoms with E-state index in [1.165, 1.54) is 18.4 Å². The molecule has 0 bridgehead atoms. The quantitative estimate of drug-likeness (QED) is 0.694. The fraction of sp³-hybridized carbons (Fsp3) is 0.565. The molecule has 32 heavy (non-hydrogen) atoms. The smallest absolute Gasteiger partial charge is 0.395 e. The number of carbonyl (C=O) groups is 1. The highest BCUT2D eigenvalue weighted by molar-refractivity contribution is 5.95. The molecule has 1 aromatic carbocycles. The number of amides is 1. The summed E-state index contributed by atoms with van der Waals surface area (Å²) in [5.41, 5.74) is -2.75. The lowest BCUT2D eigenvalue weighted by molar-refractivity contribution is -0.258. The number of nitrogens with zero attached hydrogens (tertiary/aromatic N) is 2. The minimum Gasteiger partial charge on any atom is -0.395 e. The molecule has 1 atom stereocenters. The molecule has 1 amide bonds. The summed E-state index contributed by atoms with van der Waals surface area (Å²) < 4.78 is 44.3. The molecular weight excluding hydrogens is 425 g/mol. The van der Waals surface area contributed by atoms with Gasteiger partial charge in [0.05, 0.1) is 12.3 Å². The van der Waals surface area contributed by atoms with E-state index in [0.29, 0.717) is 38.2 Å². The molecule has 174 valence electrons. The van der Waals surface area contributed by atoms with Crippen LogP contribution in [0.4, 0.5) is 13.2 Å². The molecule has 1 unspecified atom stereocenters. The van der Waals surface area contributed by atoms with Crippen LogP contribution in [0.15, 0.2) is 41.1 Å². The van der Waals surface area contributed by atoms with Crippen molar-refractivity contribution in [3.63, 3.8) is 0 Å². The third kappa shape index (κ3) is 4.03. The minimum absolute atomic E-state index is 0.0143. The second-order valence-corrected chi connectivity index (χ2v) is 9.15. The summed E-state index contributed by atoms with van der Waals surface area (Å²) in [6.07, 6.45) is 1.17. The third-order valence-corrected chi connectivity index (χ3v) is 7.01. The summed E-state index contributed by atoms with van der Waals surface area (Å²) in [5.74, 6) is -0.214. The molecule has 0 spiro atoms. The van der Waals surface area contributed by atoms with E-state index >= 15 is 0 Å². The van der Waals surface area contributed by atoms with Gasteiger partial charge in [-0.15, -0.1) is 0 Å². The van der Waals surface area contributed by atoms with Crippen molar-refractivity contribution >= 4 is 5.91 Å². The van der Waals surface area contributed by atoms with Crippen LogP contribution >= 0.6 is 0 Å². The Hall–Kier alpha value is -2.39. The van der Waals surface area contributed by atoms with Gasteiger partial charge in [0, 0.05) is 29.1 Å². The van der Waals surface area contributed by atoms with Crippen LogP contribution in [-0.4, -0.2) is 51.0 Å². The Labute approximate surface area is 184 Å². The van der Waals surface area contributed by atoms with Gasteiger partial charge >= 0.3 is 6.18 Å². The number of aliphatic hydroxyl groups is 2. The van der Waals surface area contributed by atoms with Crippen molar-refractivity contribution < 1.29 is 32.7 Å². The van der Waals surface area contributed by atoms with Crippen molar-refractivity contribution in [3.8, 4) is 0 Å². The Morgan fingerprint density at radius 1 is 1.12 bits per heavy atom. The van der Waals surface area contributed by atoms with Gasteiger partial charge in [0.15, 0.2) is 5.60 Å². The SMILES string of the molecule is CC(O)(c1ccc(C(=O)N(C2CC2)C2CCC(CO)(c3ccon3)CC2)cc1)C(F)(F)F. The number of rotatable bonds is 6. The molecule has 0 radical (unpaired) electrons. The van der Waals surface area contributed by atoms with Gasteiger partial charge in [0.1, 0.15) is 6.26 Å². The van der Waals surface area contributed by atoms with Crippen LogP contribution in [-0.2, 0) is 11.0 Å². The normalized spacial score (nSPS) is 25.9. The average molecular weight is 452 g/mol. The van der Waals surface area contributed by atoms with Crippen molar-refractivity contribution in [2.45, 2.75) is 74.7 Å². The molecule has 4 rings (SSSR count). The van der Waals surface area contributed by atoms with Crippen LogP contribution in [0.25, 0.3) is 0 Å². The van der Waals surface area contributed by atoms with Crippen LogP contribution in [0.2, 0.25) is 0 Å². The maximum absolute atomic E-state index is 13.3. The first-order valence-electron chi connectivity index (χ1n) is 10.8. The molecule has 2 aliphatic rings. The monoisotopic (exact) mass is 452 g/mol. The zero-order valence-electron chi connectivity index (χ0n) is 17.8. The molecule has 0 aliphatic heterocycles. The fourth-order valence-electron chi connectivity index (χ4n) is 4.65. The van der Waals surface area contributed by atoms with Crippen LogP contribution in [0.5, 0.6) is 0 Å². The fourth-order valence-corrected chi connectivity index (χ4v) is 4.65. The Morgan fingerprint density at radius 2 is 1.72 bits per heavy atom. The van der Waals surface area contributed by atoms with Crippen LogP contribution in [0.3, 0.4) is 0 Å². The summed E-state index contributed by atoms with van der Waals surface area (Å²) >= 11 is 0. The lowest BCUT2D eigenvalue weighted by Crippen LogP contribution is -2.47. The molecule has 1 heterocycles. The van der Waals surface area contributed by atoms with E-state index in [-0.39, 0.29) is 30.2 Å². The highest BCUT2D eigenvalue weighted by Crippen LogP contribution is 2.43. The standard InChI is InChI=1S/C23H27F3N2O4/c1-21(31,23(24,25)26)16-4-2-15(3-5-16)20(30)28(17-6-7-17)18-8-11-22(14-29,12-9-18)19-10-13-32-27-19/h2-5,10,13,17-18,29,31H,6-9,11-12,14H2,1H3. The van der Waals surface area contributed by atoms with Crippen LogP contribution in [0.1, 0.15) is 67.1 Å². The van der Waals surface area contributed by atoms with E-state index in [1.807, 2.05) is 4.90 Å². The number of aromatic nitrogens is 1. The summed E-state index contributed by atoms with van der Waals surface area (Å²) in [7, 11) is 0. The van der Waals surface area contributed by atoms with Gasteiger partial charge in [-0.2, -0.15) is 13.2 Å². The molecule has 2 saturated carbocycles. The van der Waals surface area contributed by atoms with Gasteiger partial charge < -0.3 is 19.6 Å². The minimum atomic E-state index is -4.82. The predicted octanol–water partition coefficient (Wildman–Crippen LogP) is 3.92. The van der Waals surface area contributed by atoms with E-state index in [2.05, 4.69) is 5.16 Å². The summed E-state index contributed by atoms with van der Waals surface area (Å²) in [4.78, 5) is 15.2. The Bertz CT molecular complexity index is 929. The van der Waals surface area contributed by atoms with Crippen molar-refractivity contribution in [3.05, 3.63) is 53.4 Å². The lowest BCUT2D eigenvalue weighted by Gasteiger charge is -2.42. The van der Waals surface area contributed by atoms with Crippen LogP contribution < -0.4 is 0 Å². The Morgan fingerprint density at radius 3 is 2.19 bits per heavy atom. The van der Waals surface area contributed by atoms with Crippen LogP contribution in [0, 0.1) is 0 Å². The first kappa shape index (κ1) is 22.8. The molecule has 2 aliphatic carbocycles. The topological polar surface area (TPSA) is 86.8 Å². The van der Waals surface area contributed by atoms with Crippen molar-refractivity contribution in [1.29, 1.82) is 0 Å². The first-order valence-corrected chi connectivity index (χ1v) is 10.8. The highest BCUT2D eigenvalue weighted by Gasteiger charge is 2.51. The Balaban J connectivity index is 1.50. The van der Waals surface area contributed by atoms with Gasteiger partial charge in [0.25, 0.3) is 5.91 Å². The number of hydrogen-bond acceptors (Lipinski definition) is 5. The number of halogens is 3. The number of aliphatic hydroxyl groups excluding tert-OH is 1. The summed E-state index contributed by atoms with van der Waals surface area (Å²) in [6, 6.07) is 6.89. The molecule has 2 aromatic rings. The number of alkyl halides is 3. The molecule has 6 nitrogen and oxygen atoms in total. The lowest BCUT2D eigenvalue weighted by atomic mass is 9.70. The van der Waals surface area contributed by atoms with Crippen molar-refractivity contribution in [1.82, 2.24) is 10.1 Å². The second-order valence-electron chi connectivity index (χ2n) is 9.15. The maximum Gasteiger partial charge on any atom is 0.421 e. The molecule has 1 aromatic heterocycles. The molecule has 9 heteroatoms. The van der Waals surface area contributed by atoms with Gasteiger partial charge in [0.2, 0.25) is 0 Å². The van der Waals surface area contributed by atoms with Crippen molar-refractivity contribution in [2.24, 2.45) is 0 Å². The van der Waals surface area contributed by atoms with E-state index in [1.54, 1.807) is 6.07 Å². The summed E-state index contributed by atoms with van der Waals surface area (Å²) in [6.45, 7) is 0.648. The number of benzene rings is 1. The molecule has 0 saturated heterocycles. The largest absolute Gasteiger partial charge is 0.421 e. The van der Waals surface area contributed by atoms with E-state index in [9.17, 15) is 28.2 Å². The van der Waals surface area contributed by atoms with Gasteiger partial charge in [-0.05, 0) is 63.1 Å². The highest BCUT2D eigenvalue weighted by atomic mass is 19.4. The third-order valence-electron chi connectivity index (χ3n) is 7.01. The molecule has 2 N–H and O–H groups in total.